The Bertz CT molecular complexity index is 1480. The van der Waals surface area contributed by atoms with Crippen LogP contribution >= 0.6 is 0 Å². The van der Waals surface area contributed by atoms with Crippen LogP contribution in [-0.2, 0) is 21.4 Å². The maximum atomic E-state index is 13.9. The number of amides is 1. The quantitative estimate of drug-likeness (QED) is 0.469. The first-order valence-corrected chi connectivity index (χ1v) is 12.6. The van der Waals surface area contributed by atoms with Gasteiger partial charge in [0.05, 0.1) is 26.5 Å². The highest BCUT2D eigenvalue weighted by molar-refractivity contribution is 7.97. The van der Waals surface area contributed by atoms with Crippen LogP contribution in [0.25, 0.3) is 5.57 Å². The summed E-state index contributed by atoms with van der Waals surface area (Å²) in [6.07, 6.45) is 0. The predicted molar refractivity (Wildman–Crippen MR) is 139 cm³/mol. The third kappa shape index (κ3) is 4.57. The minimum absolute atomic E-state index is 0.00946. The highest BCUT2D eigenvalue weighted by atomic mass is 32.2. The zero-order valence-corrected chi connectivity index (χ0v) is 21.2. The number of methoxy groups -OCH3 is 2. The van der Waals surface area contributed by atoms with E-state index in [1.54, 1.807) is 37.3 Å². The van der Waals surface area contributed by atoms with Crippen molar-refractivity contribution in [3.05, 3.63) is 88.3 Å². The van der Waals surface area contributed by atoms with Gasteiger partial charge in [0.15, 0.2) is 22.2 Å². The molecule has 0 saturated heterocycles. The maximum absolute atomic E-state index is 13.9. The summed E-state index contributed by atoms with van der Waals surface area (Å²) >= 11 is 0. The summed E-state index contributed by atoms with van der Waals surface area (Å²) in [5.74, 6) is -0.197. The molecule has 0 unspecified atom stereocenters. The van der Waals surface area contributed by atoms with Gasteiger partial charge in [-0.1, -0.05) is 42.5 Å². The molecule has 1 N–H and O–H groups in total. The minimum atomic E-state index is -4.28. The van der Waals surface area contributed by atoms with E-state index in [0.29, 0.717) is 34.0 Å². The van der Waals surface area contributed by atoms with E-state index in [2.05, 4.69) is 5.32 Å². The lowest BCUT2D eigenvalue weighted by molar-refractivity contribution is -0.112. The molecule has 0 radical (unpaired) electrons. The lowest BCUT2D eigenvalue weighted by Crippen LogP contribution is -2.39. The van der Waals surface area contributed by atoms with Gasteiger partial charge in [0.25, 0.3) is 15.9 Å². The molecule has 3 aromatic rings. The lowest BCUT2D eigenvalue weighted by Gasteiger charge is -2.33. The molecule has 0 aliphatic carbocycles. The molecule has 9 heteroatoms. The van der Waals surface area contributed by atoms with Crippen molar-refractivity contribution in [3.63, 3.8) is 0 Å². The molecular formula is C27H26N2O6S. The summed E-state index contributed by atoms with van der Waals surface area (Å²) in [5, 5.41) is 2.65. The number of hydrogen-bond donors (Lipinski definition) is 1. The molecule has 0 bridgehead atoms. The van der Waals surface area contributed by atoms with Crippen LogP contribution in [0.15, 0.2) is 71.6 Å². The fraction of sp³-hybridized carbons (Fsp3) is 0.185. The first kappa shape index (κ1) is 25.0. The average molecular weight is 507 g/mol. The SMILES string of the molecule is COc1cc2c(cc1OC)N(Cc1ccccc1)S(=O)(=O)C(C(=O)Nc1cccc(C(C)=O)c1)=C2C. The van der Waals surface area contributed by atoms with Crippen molar-refractivity contribution in [2.24, 2.45) is 0 Å². The number of carbonyl (C=O) groups is 2. The molecule has 1 aliphatic rings. The third-order valence-corrected chi connectivity index (χ3v) is 7.88. The number of ketones is 1. The van der Waals surface area contributed by atoms with Crippen LogP contribution in [-0.4, -0.2) is 34.3 Å². The Kier molecular flexibility index (Phi) is 6.85. The van der Waals surface area contributed by atoms with E-state index >= 15 is 0 Å². The summed E-state index contributed by atoms with van der Waals surface area (Å²) in [6, 6.07) is 18.7. The number of rotatable bonds is 7. The van der Waals surface area contributed by atoms with E-state index in [0.717, 1.165) is 5.56 Å². The molecule has 8 nitrogen and oxygen atoms in total. The summed E-state index contributed by atoms with van der Waals surface area (Å²) in [6.45, 7) is 3.01. The number of Topliss-reactive ketones (excluding diaryl/α,β-unsaturated/α-hetero) is 1. The highest BCUT2D eigenvalue weighted by Crippen LogP contribution is 2.45. The molecule has 186 valence electrons. The van der Waals surface area contributed by atoms with Crippen LogP contribution in [0.2, 0.25) is 0 Å². The average Bonchev–Trinajstić information content (AvgIpc) is 2.86. The zero-order chi connectivity index (χ0) is 26.0. The molecule has 36 heavy (non-hydrogen) atoms. The number of allylic oxidation sites excluding steroid dienone is 1. The molecule has 0 fully saturated rings. The van der Waals surface area contributed by atoms with Crippen LogP contribution in [0, 0.1) is 0 Å². The predicted octanol–water partition coefficient (Wildman–Crippen LogP) is 4.63. The largest absolute Gasteiger partial charge is 0.493 e. The third-order valence-electron chi connectivity index (χ3n) is 5.97. The number of anilines is 2. The van der Waals surface area contributed by atoms with Crippen LogP contribution in [0.5, 0.6) is 11.5 Å². The molecule has 1 amide bonds. The van der Waals surface area contributed by atoms with E-state index in [4.69, 9.17) is 9.47 Å². The van der Waals surface area contributed by atoms with Crippen LogP contribution in [0.4, 0.5) is 11.4 Å². The Morgan fingerprint density at radius 2 is 1.58 bits per heavy atom. The van der Waals surface area contributed by atoms with E-state index < -0.39 is 15.9 Å². The monoisotopic (exact) mass is 506 g/mol. The smallest absolute Gasteiger partial charge is 0.270 e. The first-order chi connectivity index (χ1) is 17.2. The Morgan fingerprint density at radius 3 is 2.22 bits per heavy atom. The molecule has 0 spiro atoms. The fourth-order valence-electron chi connectivity index (χ4n) is 4.14. The van der Waals surface area contributed by atoms with Crippen LogP contribution in [0.1, 0.15) is 35.3 Å². The van der Waals surface area contributed by atoms with Crippen molar-refractivity contribution >= 4 is 38.7 Å². The maximum Gasteiger partial charge on any atom is 0.270 e. The van der Waals surface area contributed by atoms with Crippen molar-refractivity contribution < 1.29 is 27.5 Å². The number of hydrogen-bond acceptors (Lipinski definition) is 6. The number of sulfonamides is 1. The van der Waals surface area contributed by atoms with Gasteiger partial charge >= 0.3 is 0 Å². The zero-order valence-electron chi connectivity index (χ0n) is 20.4. The molecule has 1 heterocycles. The Hall–Kier alpha value is -4.11. The molecule has 0 saturated carbocycles. The Morgan fingerprint density at radius 1 is 0.917 bits per heavy atom. The summed E-state index contributed by atoms with van der Waals surface area (Å²) in [4.78, 5) is 24.8. The summed E-state index contributed by atoms with van der Waals surface area (Å²) in [5.41, 5.74) is 2.64. The molecule has 1 aliphatic heterocycles. The standard InChI is InChI=1S/C27H26N2O6S/c1-17-22-14-24(34-3)25(35-4)15-23(22)29(16-19-9-6-5-7-10-19)36(32,33)26(17)27(31)28-21-12-8-11-20(13-21)18(2)30/h5-15H,16H2,1-4H3,(H,28,31). The fourth-order valence-corrected chi connectivity index (χ4v) is 5.87. The number of benzene rings is 3. The molecule has 3 aromatic carbocycles. The highest BCUT2D eigenvalue weighted by Gasteiger charge is 2.40. The van der Waals surface area contributed by atoms with E-state index in [1.807, 2.05) is 30.3 Å². The number of carbonyl (C=O) groups excluding carboxylic acids is 2. The van der Waals surface area contributed by atoms with Crippen LogP contribution in [0.3, 0.4) is 0 Å². The van der Waals surface area contributed by atoms with E-state index in [1.165, 1.54) is 31.5 Å². The Labute approximate surface area is 210 Å². The summed E-state index contributed by atoms with van der Waals surface area (Å²) in [7, 11) is -1.32. The molecular weight excluding hydrogens is 480 g/mol. The normalized spacial score (nSPS) is 14.2. The van der Waals surface area contributed by atoms with Crippen molar-refractivity contribution in [2.75, 3.05) is 23.8 Å². The van der Waals surface area contributed by atoms with Gasteiger partial charge < -0.3 is 14.8 Å². The topological polar surface area (TPSA) is 102 Å². The Balaban J connectivity index is 1.87. The van der Waals surface area contributed by atoms with Crippen LogP contribution < -0.4 is 19.1 Å². The van der Waals surface area contributed by atoms with E-state index in [-0.39, 0.29) is 22.8 Å². The van der Waals surface area contributed by atoms with Gasteiger partial charge in [-0.2, -0.15) is 0 Å². The van der Waals surface area contributed by atoms with Crippen molar-refractivity contribution in [3.8, 4) is 11.5 Å². The molecule has 0 aromatic heterocycles. The first-order valence-electron chi connectivity index (χ1n) is 11.1. The van der Waals surface area contributed by atoms with Crippen molar-refractivity contribution in [1.29, 1.82) is 0 Å². The number of fused-ring (bicyclic) bond motifs is 1. The molecule has 4 rings (SSSR count). The second-order valence-electron chi connectivity index (χ2n) is 8.27. The van der Waals surface area contributed by atoms with E-state index in [9.17, 15) is 18.0 Å². The summed E-state index contributed by atoms with van der Waals surface area (Å²) < 4.78 is 39.9. The van der Waals surface area contributed by atoms with Gasteiger partial charge in [-0.3, -0.25) is 13.9 Å². The number of ether oxygens (including phenoxy) is 2. The van der Waals surface area contributed by atoms with Gasteiger partial charge in [-0.25, -0.2) is 8.42 Å². The number of nitrogens with zero attached hydrogens (tertiary/aromatic N) is 1. The number of nitrogens with one attached hydrogen (secondary N) is 1. The van der Waals surface area contributed by atoms with Gasteiger partial charge in [0.2, 0.25) is 0 Å². The van der Waals surface area contributed by atoms with Gasteiger partial charge in [0, 0.05) is 22.9 Å². The van der Waals surface area contributed by atoms with Gasteiger partial charge in [0.1, 0.15) is 0 Å². The van der Waals surface area contributed by atoms with Gasteiger partial charge in [-0.15, -0.1) is 0 Å². The molecule has 0 atom stereocenters. The van der Waals surface area contributed by atoms with Crippen molar-refractivity contribution in [1.82, 2.24) is 0 Å². The minimum Gasteiger partial charge on any atom is -0.493 e. The van der Waals surface area contributed by atoms with Crippen molar-refractivity contribution in [2.45, 2.75) is 20.4 Å². The second kappa shape index (κ2) is 9.87. The second-order valence-corrected chi connectivity index (χ2v) is 10.1. The van der Waals surface area contributed by atoms with Gasteiger partial charge in [-0.05, 0) is 43.2 Å². The lowest BCUT2D eigenvalue weighted by atomic mass is 10.0.